The SMILES string of the molecule is COc1cccc(C2CCN(C(=O)[C@@H]3CC[C@H](CN)O3)CC2)c1. The molecule has 23 heavy (non-hydrogen) atoms. The van der Waals surface area contributed by atoms with Crippen LogP contribution in [0.1, 0.15) is 37.2 Å². The van der Waals surface area contributed by atoms with Crippen LogP contribution in [0.2, 0.25) is 0 Å². The zero-order valence-corrected chi connectivity index (χ0v) is 13.7. The quantitative estimate of drug-likeness (QED) is 0.921. The lowest BCUT2D eigenvalue weighted by Crippen LogP contribution is -2.43. The predicted octanol–water partition coefficient (Wildman–Crippen LogP) is 1.91. The molecule has 0 aromatic heterocycles. The van der Waals surface area contributed by atoms with Crippen molar-refractivity contribution < 1.29 is 14.3 Å². The van der Waals surface area contributed by atoms with Crippen LogP contribution in [0.15, 0.2) is 24.3 Å². The van der Waals surface area contributed by atoms with E-state index in [9.17, 15) is 4.79 Å². The van der Waals surface area contributed by atoms with Crippen LogP contribution >= 0.6 is 0 Å². The Balaban J connectivity index is 1.55. The first-order valence-corrected chi connectivity index (χ1v) is 8.49. The van der Waals surface area contributed by atoms with E-state index < -0.39 is 0 Å². The number of rotatable bonds is 4. The second-order valence-electron chi connectivity index (χ2n) is 6.44. The van der Waals surface area contributed by atoms with E-state index in [-0.39, 0.29) is 18.1 Å². The molecule has 0 saturated carbocycles. The van der Waals surface area contributed by atoms with Gasteiger partial charge >= 0.3 is 0 Å². The van der Waals surface area contributed by atoms with Gasteiger partial charge in [-0.2, -0.15) is 0 Å². The number of nitrogens with zero attached hydrogens (tertiary/aromatic N) is 1. The van der Waals surface area contributed by atoms with Crippen LogP contribution in [0, 0.1) is 0 Å². The third kappa shape index (κ3) is 3.67. The van der Waals surface area contributed by atoms with Crippen molar-refractivity contribution in [1.82, 2.24) is 4.90 Å². The summed E-state index contributed by atoms with van der Waals surface area (Å²) in [6, 6.07) is 8.25. The minimum atomic E-state index is -0.281. The Hall–Kier alpha value is -1.59. The highest BCUT2D eigenvalue weighted by Crippen LogP contribution is 2.31. The Morgan fingerprint density at radius 3 is 2.74 bits per heavy atom. The Labute approximate surface area is 137 Å². The lowest BCUT2D eigenvalue weighted by Gasteiger charge is -2.33. The standard InChI is InChI=1S/C18H26N2O3/c1-22-15-4-2-3-14(11-15)13-7-9-20(10-8-13)18(21)17-6-5-16(12-19)23-17/h2-4,11,13,16-17H,5-10,12,19H2,1H3/t16-,17+/m1/s1. The first-order chi connectivity index (χ1) is 11.2. The van der Waals surface area contributed by atoms with E-state index in [4.69, 9.17) is 15.2 Å². The molecule has 2 heterocycles. The van der Waals surface area contributed by atoms with E-state index in [0.29, 0.717) is 12.5 Å². The van der Waals surface area contributed by atoms with Crippen molar-refractivity contribution in [2.75, 3.05) is 26.7 Å². The van der Waals surface area contributed by atoms with Crippen molar-refractivity contribution >= 4 is 5.91 Å². The molecule has 2 aliphatic rings. The van der Waals surface area contributed by atoms with Crippen LogP contribution in [-0.4, -0.2) is 49.8 Å². The number of benzene rings is 1. The minimum absolute atomic E-state index is 0.0540. The van der Waals surface area contributed by atoms with E-state index in [1.165, 1.54) is 5.56 Å². The van der Waals surface area contributed by atoms with Crippen LogP contribution < -0.4 is 10.5 Å². The van der Waals surface area contributed by atoms with Gasteiger partial charge in [0.2, 0.25) is 0 Å². The van der Waals surface area contributed by atoms with Gasteiger partial charge in [-0.05, 0) is 49.3 Å². The maximum absolute atomic E-state index is 12.5. The van der Waals surface area contributed by atoms with Gasteiger partial charge in [0.15, 0.2) is 0 Å². The van der Waals surface area contributed by atoms with Crippen molar-refractivity contribution in [2.45, 2.75) is 43.8 Å². The maximum atomic E-state index is 12.5. The molecule has 0 aliphatic carbocycles. The number of ether oxygens (including phenoxy) is 2. The summed E-state index contributed by atoms with van der Waals surface area (Å²) in [5, 5.41) is 0. The molecule has 126 valence electrons. The van der Waals surface area contributed by atoms with Gasteiger partial charge in [-0.25, -0.2) is 0 Å². The number of amides is 1. The zero-order chi connectivity index (χ0) is 16.2. The van der Waals surface area contributed by atoms with Crippen molar-refractivity contribution in [2.24, 2.45) is 5.73 Å². The summed E-state index contributed by atoms with van der Waals surface area (Å²) in [5.74, 6) is 1.54. The van der Waals surface area contributed by atoms with Crippen LogP contribution in [0.25, 0.3) is 0 Å². The molecule has 3 rings (SSSR count). The summed E-state index contributed by atoms with van der Waals surface area (Å²) < 4.78 is 11.0. The van der Waals surface area contributed by atoms with Gasteiger partial charge in [0, 0.05) is 19.6 Å². The molecule has 2 aliphatic heterocycles. The fourth-order valence-corrected chi connectivity index (χ4v) is 3.59. The maximum Gasteiger partial charge on any atom is 0.251 e. The average Bonchev–Trinajstić information content (AvgIpc) is 3.10. The van der Waals surface area contributed by atoms with Crippen molar-refractivity contribution in [1.29, 1.82) is 0 Å². The first kappa shape index (κ1) is 16.3. The number of nitrogens with two attached hydrogens (primary N) is 1. The summed E-state index contributed by atoms with van der Waals surface area (Å²) in [7, 11) is 1.69. The molecule has 0 radical (unpaired) electrons. The van der Waals surface area contributed by atoms with Crippen LogP contribution in [-0.2, 0) is 9.53 Å². The molecule has 2 saturated heterocycles. The fourth-order valence-electron chi connectivity index (χ4n) is 3.59. The van der Waals surface area contributed by atoms with Crippen LogP contribution in [0.3, 0.4) is 0 Å². The lowest BCUT2D eigenvalue weighted by atomic mass is 9.89. The molecule has 2 atom stereocenters. The number of methoxy groups -OCH3 is 1. The van der Waals surface area contributed by atoms with E-state index in [2.05, 4.69) is 12.1 Å². The Morgan fingerprint density at radius 2 is 2.09 bits per heavy atom. The largest absolute Gasteiger partial charge is 0.497 e. The highest BCUT2D eigenvalue weighted by molar-refractivity contribution is 5.81. The third-order valence-electron chi connectivity index (χ3n) is 5.02. The number of hydrogen-bond acceptors (Lipinski definition) is 4. The van der Waals surface area contributed by atoms with E-state index in [1.807, 2.05) is 17.0 Å². The second kappa shape index (κ2) is 7.32. The minimum Gasteiger partial charge on any atom is -0.497 e. The average molecular weight is 318 g/mol. The first-order valence-electron chi connectivity index (χ1n) is 8.49. The van der Waals surface area contributed by atoms with Gasteiger partial charge in [0.1, 0.15) is 11.9 Å². The molecule has 2 N–H and O–H groups in total. The highest BCUT2D eigenvalue weighted by Gasteiger charge is 2.34. The number of carbonyl (C=O) groups is 1. The molecular weight excluding hydrogens is 292 g/mol. The van der Waals surface area contributed by atoms with Crippen molar-refractivity contribution in [3.63, 3.8) is 0 Å². The van der Waals surface area contributed by atoms with Gasteiger partial charge in [-0.15, -0.1) is 0 Å². The molecular formula is C18H26N2O3. The topological polar surface area (TPSA) is 64.8 Å². The van der Waals surface area contributed by atoms with E-state index in [0.717, 1.165) is 44.5 Å². The van der Waals surface area contributed by atoms with Gasteiger partial charge in [-0.1, -0.05) is 12.1 Å². The van der Waals surface area contributed by atoms with Crippen molar-refractivity contribution in [3.05, 3.63) is 29.8 Å². The summed E-state index contributed by atoms with van der Waals surface area (Å²) in [6.45, 7) is 2.10. The van der Waals surface area contributed by atoms with Crippen LogP contribution in [0.5, 0.6) is 5.75 Å². The Kier molecular flexibility index (Phi) is 5.18. The van der Waals surface area contributed by atoms with Gasteiger partial charge in [0.25, 0.3) is 5.91 Å². The molecule has 5 nitrogen and oxygen atoms in total. The number of piperidine rings is 1. The number of likely N-dealkylation sites (tertiary alicyclic amines) is 1. The lowest BCUT2D eigenvalue weighted by molar-refractivity contribution is -0.143. The molecule has 5 heteroatoms. The number of hydrogen-bond donors (Lipinski definition) is 1. The molecule has 0 unspecified atom stereocenters. The monoisotopic (exact) mass is 318 g/mol. The molecule has 2 fully saturated rings. The molecule has 1 amide bonds. The molecule has 1 aromatic rings. The van der Waals surface area contributed by atoms with E-state index >= 15 is 0 Å². The van der Waals surface area contributed by atoms with Crippen LogP contribution in [0.4, 0.5) is 0 Å². The highest BCUT2D eigenvalue weighted by atomic mass is 16.5. The summed E-state index contributed by atoms with van der Waals surface area (Å²) in [4.78, 5) is 14.5. The third-order valence-corrected chi connectivity index (χ3v) is 5.02. The second-order valence-corrected chi connectivity index (χ2v) is 6.44. The Bertz CT molecular complexity index is 541. The predicted molar refractivity (Wildman–Crippen MR) is 88.5 cm³/mol. The molecule has 1 aromatic carbocycles. The summed E-state index contributed by atoms with van der Waals surface area (Å²) >= 11 is 0. The summed E-state index contributed by atoms with van der Waals surface area (Å²) in [6.07, 6.45) is 3.46. The smallest absolute Gasteiger partial charge is 0.251 e. The zero-order valence-electron chi connectivity index (χ0n) is 13.7. The van der Waals surface area contributed by atoms with Gasteiger partial charge in [0.05, 0.1) is 13.2 Å². The molecule has 0 spiro atoms. The number of carbonyl (C=O) groups excluding carboxylic acids is 1. The molecule has 0 bridgehead atoms. The fraction of sp³-hybridized carbons (Fsp3) is 0.611. The van der Waals surface area contributed by atoms with Crippen molar-refractivity contribution in [3.8, 4) is 5.75 Å². The Morgan fingerprint density at radius 1 is 1.30 bits per heavy atom. The van der Waals surface area contributed by atoms with E-state index in [1.54, 1.807) is 7.11 Å². The van der Waals surface area contributed by atoms with Gasteiger partial charge < -0.3 is 20.1 Å². The normalized spacial score (nSPS) is 25.6. The summed E-state index contributed by atoms with van der Waals surface area (Å²) in [5.41, 5.74) is 6.92. The van der Waals surface area contributed by atoms with Gasteiger partial charge in [-0.3, -0.25) is 4.79 Å².